The fourth-order valence-electron chi connectivity index (χ4n) is 4.74. The molecule has 3 rings (SSSR count). The standard InChI is InChI=1S/C25H27F6N3O2.ClH/c1-15-5-3-4-6-19(15)21-13-34(14-22(32)35)8-7-20(21)23(36)33(2)12-16-9-17(24(26,27)28)11-18(10-16)25(29,30)31;/h3-6,9-11,20-21H,7-8,12-14H2,1-2H3,(H2,32,35);1H. The average molecular weight is 552 g/mol. The molecule has 1 fully saturated rings. The number of amides is 2. The van der Waals surface area contributed by atoms with Gasteiger partial charge in [-0.05, 0) is 54.8 Å². The zero-order chi connectivity index (χ0) is 26.8. The molecule has 2 aromatic carbocycles. The highest BCUT2D eigenvalue weighted by atomic mass is 35.5. The van der Waals surface area contributed by atoms with Crippen LogP contribution in [0.25, 0.3) is 0 Å². The molecule has 1 saturated heterocycles. The van der Waals surface area contributed by atoms with E-state index in [2.05, 4.69) is 0 Å². The fourth-order valence-corrected chi connectivity index (χ4v) is 4.74. The number of piperidine rings is 1. The molecule has 1 heterocycles. The first kappa shape index (κ1) is 30.4. The Morgan fingerprint density at radius 3 is 2.11 bits per heavy atom. The number of nitrogens with two attached hydrogens (primary N) is 1. The summed E-state index contributed by atoms with van der Waals surface area (Å²) >= 11 is 0. The number of primary amides is 1. The van der Waals surface area contributed by atoms with E-state index in [9.17, 15) is 35.9 Å². The first-order valence-electron chi connectivity index (χ1n) is 11.3. The zero-order valence-electron chi connectivity index (χ0n) is 20.2. The van der Waals surface area contributed by atoms with Gasteiger partial charge in [-0.25, -0.2) is 0 Å². The molecule has 204 valence electrons. The number of rotatable bonds is 6. The van der Waals surface area contributed by atoms with Gasteiger partial charge in [-0.1, -0.05) is 24.3 Å². The summed E-state index contributed by atoms with van der Waals surface area (Å²) in [4.78, 5) is 27.9. The molecule has 0 aliphatic carbocycles. The molecule has 0 bridgehead atoms. The van der Waals surface area contributed by atoms with Crippen LogP contribution in [0.1, 0.15) is 40.2 Å². The van der Waals surface area contributed by atoms with E-state index in [0.29, 0.717) is 31.6 Å². The number of carbonyl (C=O) groups excluding carboxylic acids is 2. The smallest absolute Gasteiger partial charge is 0.369 e. The van der Waals surface area contributed by atoms with Gasteiger partial charge in [-0.3, -0.25) is 14.5 Å². The van der Waals surface area contributed by atoms with E-state index in [1.54, 1.807) is 0 Å². The van der Waals surface area contributed by atoms with E-state index in [0.717, 1.165) is 16.0 Å². The molecule has 2 aromatic rings. The van der Waals surface area contributed by atoms with Crippen molar-refractivity contribution in [3.8, 4) is 0 Å². The summed E-state index contributed by atoms with van der Waals surface area (Å²) in [7, 11) is 1.36. The summed E-state index contributed by atoms with van der Waals surface area (Å²) in [6.45, 7) is 2.24. The van der Waals surface area contributed by atoms with E-state index >= 15 is 0 Å². The zero-order valence-corrected chi connectivity index (χ0v) is 21.0. The summed E-state index contributed by atoms with van der Waals surface area (Å²) in [6.07, 6.45) is -9.59. The lowest BCUT2D eigenvalue weighted by Crippen LogP contribution is -2.48. The van der Waals surface area contributed by atoms with Crippen molar-refractivity contribution in [3.63, 3.8) is 0 Å². The van der Waals surface area contributed by atoms with E-state index in [4.69, 9.17) is 5.73 Å². The number of aryl methyl sites for hydroxylation is 1. The predicted molar refractivity (Wildman–Crippen MR) is 128 cm³/mol. The molecule has 1 aliphatic rings. The molecule has 1 aliphatic heterocycles. The molecule has 37 heavy (non-hydrogen) atoms. The minimum atomic E-state index is -4.97. The van der Waals surface area contributed by atoms with Crippen LogP contribution in [0.4, 0.5) is 26.3 Å². The number of likely N-dealkylation sites (tertiary alicyclic amines) is 1. The highest BCUT2D eigenvalue weighted by Gasteiger charge is 2.39. The molecule has 2 amide bonds. The van der Waals surface area contributed by atoms with Crippen LogP contribution in [-0.2, 0) is 28.5 Å². The number of alkyl halides is 6. The topological polar surface area (TPSA) is 66.6 Å². The quantitative estimate of drug-likeness (QED) is 0.514. The Hall–Kier alpha value is -2.79. The maximum Gasteiger partial charge on any atom is 0.416 e. The van der Waals surface area contributed by atoms with Crippen LogP contribution < -0.4 is 5.73 Å². The van der Waals surface area contributed by atoms with Crippen LogP contribution >= 0.6 is 12.4 Å². The predicted octanol–water partition coefficient (Wildman–Crippen LogP) is 5.00. The largest absolute Gasteiger partial charge is 0.416 e. The fraction of sp³-hybridized carbons (Fsp3) is 0.440. The lowest BCUT2D eigenvalue weighted by molar-refractivity contribution is -0.143. The third-order valence-corrected chi connectivity index (χ3v) is 6.42. The van der Waals surface area contributed by atoms with Gasteiger partial charge in [0, 0.05) is 32.0 Å². The van der Waals surface area contributed by atoms with Crippen LogP contribution in [0.5, 0.6) is 0 Å². The van der Waals surface area contributed by atoms with E-state index < -0.39 is 47.8 Å². The average Bonchev–Trinajstić information content (AvgIpc) is 2.77. The lowest BCUT2D eigenvalue weighted by Gasteiger charge is -2.39. The van der Waals surface area contributed by atoms with Crippen LogP contribution in [0.3, 0.4) is 0 Å². The first-order valence-corrected chi connectivity index (χ1v) is 11.3. The van der Waals surface area contributed by atoms with Crippen molar-refractivity contribution in [1.82, 2.24) is 9.80 Å². The summed E-state index contributed by atoms with van der Waals surface area (Å²) in [6, 6.07) is 8.75. The van der Waals surface area contributed by atoms with Crippen molar-refractivity contribution < 1.29 is 35.9 Å². The van der Waals surface area contributed by atoms with E-state index in [1.165, 1.54) is 7.05 Å². The highest BCUT2D eigenvalue weighted by molar-refractivity contribution is 5.85. The van der Waals surface area contributed by atoms with Gasteiger partial charge >= 0.3 is 12.4 Å². The Bertz CT molecular complexity index is 1090. The third-order valence-electron chi connectivity index (χ3n) is 6.42. The Kier molecular flexibility index (Phi) is 9.64. The molecule has 0 saturated carbocycles. The second-order valence-electron chi connectivity index (χ2n) is 9.17. The molecule has 2 N–H and O–H groups in total. The van der Waals surface area contributed by atoms with Gasteiger partial charge in [-0.15, -0.1) is 12.4 Å². The van der Waals surface area contributed by atoms with Gasteiger partial charge < -0.3 is 10.6 Å². The van der Waals surface area contributed by atoms with Gasteiger partial charge in [0.15, 0.2) is 0 Å². The number of nitrogens with zero attached hydrogens (tertiary/aromatic N) is 2. The second-order valence-corrected chi connectivity index (χ2v) is 9.17. The van der Waals surface area contributed by atoms with Crippen molar-refractivity contribution in [2.24, 2.45) is 11.7 Å². The maximum absolute atomic E-state index is 13.5. The SMILES string of the molecule is Cc1ccccc1C1CN(CC(N)=O)CCC1C(=O)N(C)Cc1cc(C(F)(F)F)cc(C(F)(F)F)c1.Cl. The van der Waals surface area contributed by atoms with Gasteiger partial charge in [0.2, 0.25) is 11.8 Å². The minimum absolute atomic E-state index is 0. The van der Waals surface area contributed by atoms with Gasteiger partial charge in [-0.2, -0.15) is 26.3 Å². The van der Waals surface area contributed by atoms with Crippen molar-refractivity contribution >= 4 is 24.2 Å². The van der Waals surface area contributed by atoms with E-state index in [1.807, 2.05) is 36.1 Å². The lowest BCUT2D eigenvalue weighted by atomic mass is 9.78. The van der Waals surface area contributed by atoms with Crippen molar-refractivity contribution in [3.05, 3.63) is 70.3 Å². The van der Waals surface area contributed by atoms with E-state index in [-0.39, 0.29) is 36.5 Å². The van der Waals surface area contributed by atoms with Gasteiger partial charge in [0.05, 0.1) is 17.7 Å². The molecule has 0 aromatic heterocycles. The monoisotopic (exact) mass is 551 g/mol. The normalized spacial score (nSPS) is 18.7. The second kappa shape index (κ2) is 11.7. The van der Waals surface area contributed by atoms with Crippen LogP contribution in [-0.4, -0.2) is 48.3 Å². The highest BCUT2D eigenvalue weighted by Crippen LogP contribution is 2.38. The molecule has 12 heteroatoms. The Balaban J connectivity index is 0.00000481. The summed E-state index contributed by atoms with van der Waals surface area (Å²) in [5.74, 6) is -1.81. The molecule has 5 nitrogen and oxygen atoms in total. The maximum atomic E-state index is 13.5. The van der Waals surface area contributed by atoms with Crippen LogP contribution in [0, 0.1) is 12.8 Å². The van der Waals surface area contributed by atoms with Gasteiger partial charge in [0.1, 0.15) is 0 Å². The first-order chi connectivity index (χ1) is 16.7. The Morgan fingerprint density at radius 1 is 1.03 bits per heavy atom. The van der Waals surface area contributed by atoms with Crippen molar-refractivity contribution in [2.75, 3.05) is 26.7 Å². The summed E-state index contributed by atoms with van der Waals surface area (Å²) < 4.78 is 79.4. The third kappa shape index (κ3) is 7.61. The molecule has 0 radical (unpaired) electrons. The summed E-state index contributed by atoms with van der Waals surface area (Å²) in [5.41, 5.74) is 4.03. The summed E-state index contributed by atoms with van der Waals surface area (Å²) in [5, 5.41) is 0. The molecule has 2 unspecified atom stereocenters. The van der Waals surface area contributed by atoms with Crippen molar-refractivity contribution in [2.45, 2.75) is 38.2 Å². The Labute approximate surface area is 217 Å². The van der Waals surface area contributed by atoms with Crippen LogP contribution in [0.15, 0.2) is 42.5 Å². The van der Waals surface area contributed by atoms with Crippen LogP contribution in [0.2, 0.25) is 0 Å². The molecule has 2 atom stereocenters. The Morgan fingerprint density at radius 2 is 1.59 bits per heavy atom. The number of carbonyl (C=O) groups is 2. The number of halogens is 7. The number of benzene rings is 2. The minimum Gasteiger partial charge on any atom is -0.369 e. The van der Waals surface area contributed by atoms with Crippen molar-refractivity contribution in [1.29, 1.82) is 0 Å². The molecule has 0 spiro atoms. The molecular formula is C25H28ClF6N3O2. The van der Waals surface area contributed by atoms with Gasteiger partial charge in [0.25, 0.3) is 0 Å². The number of hydrogen-bond acceptors (Lipinski definition) is 3. The molecular weight excluding hydrogens is 524 g/mol. The number of hydrogen-bond donors (Lipinski definition) is 1.